The third-order valence-electron chi connectivity index (χ3n) is 10.1. The first-order chi connectivity index (χ1) is 23.5. The van der Waals surface area contributed by atoms with Crippen LogP contribution in [0.3, 0.4) is 0 Å². The van der Waals surface area contributed by atoms with Crippen LogP contribution in [-0.2, 0) is 19.2 Å². The predicted molar refractivity (Wildman–Crippen MR) is 170 cm³/mol. The summed E-state index contributed by atoms with van der Waals surface area (Å²) >= 11 is 0. The first-order valence-electron chi connectivity index (χ1n) is 15.4. The van der Waals surface area contributed by atoms with Gasteiger partial charge < -0.3 is 14.6 Å². The molecule has 3 aromatic rings. The van der Waals surface area contributed by atoms with Crippen molar-refractivity contribution in [3.05, 3.63) is 98.1 Å². The molecule has 0 bridgehead atoms. The van der Waals surface area contributed by atoms with Crippen LogP contribution in [0.1, 0.15) is 24.3 Å². The number of hydrogen-bond donors (Lipinski definition) is 1. The van der Waals surface area contributed by atoms with E-state index in [1.54, 1.807) is 6.08 Å². The number of amides is 4. The third kappa shape index (κ3) is 4.71. The van der Waals surface area contributed by atoms with Gasteiger partial charge in [-0.05, 0) is 30.9 Å². The number of hydrogen-bond acceptors (Lipinski definition) is 11. The van der Waals surface area contributed by atoms with Crippen molar-refractivity contribution in [3.8, 4) is 17.2 Å². The average molecular weight is 669 g/mol. The zero-order valence-corrected chi connectivity index (χ0v) is 26.0. The first-order valence-corrected chi connectivity index (χ1v) is 15.4. The maximum absolute atomic E-state index is 14.4. The van der Waals surface area contributed by atoms with Gasteiger partial charge in [0.15, 0.2) is 0 Å². The number of allylic oxidation sites excluding steroid dienone is 2. The first kappa shape index (κ1) is 31.5. The van der Waals surface area contributed by atoms with E-state index < -0.39 is 69.0 Å². The van der Waals surface area contributed by atoms with Crippen LogP contribution in [0, 0.1) is 49.8 Å². The van der Waals surface area contributed by atoms with Gasteiger partial charge in [-0.1, -0.05) is 23.8 Å². The third-order valence-corrected chi connectivity index (χ3v) is 10.1. The van der Waals surface area contributed by atoms with E-state index in [-0.39, 0.29) is 58.4 Å². The van der Waals surface area contributed by atoms with E-state index in [9.17, 15) is 44.5 Å². The number of carbonyl (C=O) groups is 4. The minimum absolute atomic E-state index is 0.00191. The molecule has 0 spiro atoms. The zero-order valence-electron chi connectivity index (χ0n) is 26.0. The van der Waals surface area contributed by atoms with E-state index in [4.69, 9.17) is 9.47 Å². The number of fused-ring (bicyclic) bond motifs is 4. The van der Waals surface area contributed by atoms with E-state index in [1.165, 1.54) is 62.8 Å². The number of non-ortho nitro benzene ring substituents is 2. The molecule has 15 heteroatoms. The lowest BCUT2D eigenvalue weighted by Gasteiger charge is -2.44. The number of ether oxygens (including phenoxy) is 2. The van der Waals surface area contributed by atoms with Gasteiger partial charge in [-0.3, -0.25) is 39.4 Å². The molecule has 6 atom stereocenters. The van der Waals surface area contributed by atoms with Gasteiger partial charge in [0, 0.05) is 47.9 Å². The summed E-state index contributed by atoms with van der Waals surface area (Å²) in [5, 5.41) is 34.4. The van der Waals surface area contributed by atoms with Gasteiger partial charge in [0.2, 0.25) is 23.6 Å². The van der Waals surface area contributed by atoms with Crippen molar-refractivity contribution < 1.29 is 43.6 Å². The smallest absolute Gasteiger partial charge is 0.271 e. The summed E-state index contributed by atoms with van der Waals surface area (Å²) in [7, 11) is 2.77. The average Bonchev–Trinajstić information content (AvgIpc) is 3.50. The number of aromatic hydroxyl groups is 1. The fraction of sp³-hybridized carbons (Fsp3) is 0.294. The second kappa shape index (κ2) is 11.5. The Kier molecular flexibility index (Phi) is 7.41. The SMILES string of the molecule is COc1cc(O)c([C@H]2C3=CC[C@@H]4C(=O)N(c5cccc([N+](=O)[O-])c5)C(=O)[C@@H]4[C@@H]3C[C@H]3C(=O)N(c4cccc([N+](=O)[O-])c4)C(=O)[C@@H]23)c(OC)c1. The summed E-state index contributed by atoms with van der Waals surface area (Å²) in [6.45, 7) is 0. The zero-order chi connectivity index (χ0) is 34.9. The Hall–Kier alpha value is -6.12. The van der Waals surface area contributed by atoms with Crippen LogP contribution in [0.15, 0.2) is 72.3 Å². The van der Waals surface area contributed by atoms with Crippen molar-refractivity contribution in [2.45, 2.75) is 18.8 Å². The van der Waals surface area contributed by atoms with Crippen LogP contribution < -0.4 is 19.3 Å². The highest BCUT2D eigenvalue weighted by molar-refractivity contribution is 6.24. The van der Waals surface area contributed by atoms with Crippen molar-refractivity contribution in [2.75, 3.05) is 24.0 Å². The lowest BCUT2D eigenvalue weighted by Crippen LogP contribution is -2.43. The number of methoxy groups -OCH3 is 2. The number of rotatable bonds is 7. The fourth-order valence-corrected chi connectivity index (χ4v) is 8.10. The fourth-order valence-electron chi connectivity index (χ4n) is 8.10. The van der Waals surface area contributed by atoms with Crippen LogP contribution >= 0.6 is 0 Å². The molecule has 49 heavy (non-hydrogen) atoms. The van der Waals surface area contributed by atoms with Crippen molar-refractivity contribution in [1.29, 1.82) is 0 Å². The number of benzene rings is 3. The Morgan fingerprint density at radius 3 is 1.86 bits per heavy atom. The van der Waals surface area contributed by atoms with Crippen LogP contribution in [0.25, 0.3) is 0 Å². The number of nitro benzene ring substituents is 2. The van der Waals surface area contributed by atoms with E-state index in [0.29, 0.717) is 5.57 Å². The highest BCUT2D eigenvalue weighted by Gasteiger charge is 2.63. The van der Waals surface area contributed by atoms with Crippen molar-refractivity contribution in [2.24, 2.45) is 29.6 Å². The number of phenols is 1. The molecular weight excluding hydrogens is 640 g/mol. The van der Waals surface area contributed by atoms with Crippen molar-refractivity contribution >= 4 is 46.4 Å². The quantitative estimate of drug-likeness (QED) is 0.163. The Balaban J connectivity index is 1.37. The number of anilines is 2. The maximum atomic E-state index is 14.4. The van der Waals surface area contributed by atoms with Gasteiger partial charge in [-0.2, -0.15) is 0 Å². The highest BCUT2D eigenvalue weighted by Crippen LogP contribution is 2.61. The minimum atomic E-state index is -1.10. The minimum Gasteiger partial charge on any atom is -0.507 e. The Morgan fingerprint density at radius 1 is 0.735 bits per heavy atom. The Morgan fingerprint density at radius 2 is 1.31 bits per heavy atom. The molecule has 3 aromatic carbocycles. The predicted octanol–water partition coefficient (Wildman–Crippen LogP) is 4.27. The highest BCUT2D eigenvalue weighted by atomic mass is 16.6. The maximum Gasteiger partial charge on any atom is 0.271 e. The van der Waals surface area contributed by atoms with Gasteiger partial charge in [0.25, 0.3) is 11.4 Å². The Bertz CT molecular complexity index is 2030. The van der Waals surface area contributed by atoms with E-state index in [0.717, 1.165) is 21.9 Å². The van der Waals surface area contributed by atoms with E-state index in [2.05, 4.69) is 0 Å². The molecule has 2 saturated heterocycles. The van der Waals surface area contributed by atoms with Crippen LogP contribution in [0.5, 0.6) is 17.2 Å². The largest absolute Gasteiger partial charge is 0.507 e. The van der Waals surface area contributed by atoms with E-state index in [1.807, 2.05) is 0 Å². The van der Waals surface area contributed by atoms with Crippen LogP contribution in [0.4, 0.5) is 22.7 Å². The molecule has 2 aliphatic carbocycles. The summed E-state index contributed by atoms with van der Waals surface area (Å²) in [5.74, 6) is -8.00. The topological polar surface area (TPSA) is 200 Å². The molecule has 4 amide bonds. The molecule has 15 nitrogen and oxygen atoms in total. The molecule has 2 heterocycles. The number of imide groups is 2. The summed E-state index contributed by atoms with van der Waals surface area (Å²) in [6, 6.07) is 13.2. The molecule has 0 radical (unpaired) electrons. The summed E-state index contributed by atoms with van der Waals surface area (Å²) in [4.78, 5) is 80.2. The number of nitro groups is 2. The monoisotopic (exact) mass is 668 g/mol. The van der Waals surface area contributed by atoms with Crippen molar-refractivity contribution in [1.82, 2.24) is 0 Å². The molecular formula is C34H28N4O11. The second-order valence-electron chi connectivity index (χ2n) is 12.4. The Labute approximate surface area is 277 Å². The van der Waals surface area contributed by atoms with Gasteiger partial charge in [-0.15, -0.1) is 0 Å². The van der Waals surface area contributed by atoms with Crippen molar-refractivity contribution in [3.63, 3.8) is 0 Å². The second-order valence-corrected chi connectivity index (χ2v) is 12.4. The van der Waals surface area contributed by atoms with Crippen LogP contribution in [-0.4, -0.2) is 52.8 Å². The number of nitrogens with zero attached hydrogens (tertiary/aromatic N) is 4. The molecule has 4 aliphatic rings. The lowest BCUT2D eigenvalue weighted by molar-refractivity contribution is -0.385. The standard InChI is InChI=1S/C34H28N4O11/c1-48-20-13-25(39)30(26(14-20)49-2)28-21-9-10-22-27(33(42)35(31(22)40)16-5-3-7-18(11-16)37(44)45)23(21)15-24-29(28)34(43)36(32(24)41)17-6-4-8-19(12-17)38(46)47/h3-9,11-14,22-24,27-29,39H,10,15H2,1-2H3/t22-,23+,24+,27-,28-,29+/m0/s1. The summed E-state index contributed by atoms with van der Waals surface area (Å²) in [6.07, 6.45) is 1.85. The lowest BCUT2D eigenvalue weighted by atomic mass is 9.57. The van der Waals surface area contributed by atoms with Gasteiger partial charge in [-0.25, -0.2) is 9.80 Å². The summed E-state index contributed by atoms with van der Waals surface area (Å²) < 4.78 is 11.0. The number of phenolic OH excluding ortho intramolecular Hbond substituents is 1. The molecule has 3 fully saturated rings. The molecule has 1 N–H and O–H groups in total. The van der Waals surface area contributed by atoms with Crippen LogP contribution in [0.2, 0.25) is 0 Å². The van der Waals surface area contributed by atoms with Gasteiger partial charge in [0.05, 0.1) is 59.1 Å². The summed E-state index contributed by atoms with van der Waals surface area (Å²) in [5.41, 5.74) is 0.165. The molecule has 7 rings (SSSR count). The molecule has 2 aliphatic heterocycles. The van der Waals surface area contributed by atoms with Gasteiger partial charge in [0.1, 0.15) is 17.2 Å². The molecule has 0 unspecified atom stereocenters. The molecule has 1 saturated carbocycles. The van der Waals surface area contributed by atoms with Gasteiger partial charge >= 0.3 is 0 Å². The molecule has 0 aromatic heterocycles. The molecule has 250 valence electrons. The normalized spacial score (nSPS) is 25.8. The van der Waals surface area contributed by atoms with E-state index >= 15 is 0 Å². The number of carbonyl (C=O) groups excluding carboxylic acids is 4.